The molecule has 1 aromatic carbocycles. The summed E-state index contributed by atoms with van der Waals surface area (Å²) in [5.74, 6) is 0.456. The molecule has 23 heavy (non-hydrogen) atoms. The molecule has 0 bridgehead atoms. The van der Waals surface area contributed by atoms with Crippen LogP contribution < -0.4 is 9.62 Å². The Bertz CT molecular complexity index is 823. The van der Waals surface area contributed by atoms with Crippen molar-refractivity contribution in [2.24, 2.45) is 0 Å². The van der Waals surface area contributed by atoms with Crippen molar-refractivity contribution >= 4 is 21.7 Å². The molecule has 0 saturated heterocycles. The van der Waals surface area contributed by atoms with Crippen molar-refractivity contribution in [2.75, 3.05) is 19.0 Å². The normalized spacial score (nSPS) is 11.2. The molecule has 2 rings (SSSR count). The van der Waals surface area contributed by atoms with Gasteiger partial charge in [-0.1, -0.05) is 6.07 Å². The third kappa shape index (κ3) is 4.20. The SMILES string of the molecule is CN(C)c1nccc(CNS(=O)(=O)c2cccc([N+](=O)[O-])c2)n1. The number of nitrogens with one attached hydrogen (secondary N) is 1. The van der Waals surface area contributed by atoms with Crippen LogP contribution in [0.4, 0.5) is 11.6 Å². The number of aromatic nitrogens is 2. The first-order valence-electron chi connectivity index (χ1n) is 6.53. The van der Waals surface area contributed by atoms with E-state index in [4.69, 9.17) is 0 Å². The van der Waals surface area contributed by atoms with E-state index in [9.17, 15) is 18.5 Å². The first-order chi connectivity index (χ1) is 10.8. The smallest absolute Gasteiger partial charge is 0.270 e. The monoisotopic (exact) mass is 337 g/mol. The fourth-order valence-corrected chi connectivity index (χ4v) is 2.75. The highest BCUT2D eigenvalue weighted by Gasteiger charge is 2.17. The van der Waals surface area contributed by atoms with Gasteiger partial charge in [0.2, 0.25) is 16.0 Å². The van der Waals surface area contributed by atoms with Crippen LogP contribution in [0.2, 0.25) is 0 Å². The van der Waals surface area contributed by atoms with Gasteiger partial charge in [0, 0.05) is 32.4 Å². The maximum Gasteiger partial charge on any atom is 0.270 e. The Hall–Kier alpha value is -2.59. The number of sulfonamides is 1. The lowest BCUT2D eigenvalue weighted by molar-refractivity contribution is -0.385. The van der Waals surface area contributed by atoms with E-state index in [0.29, 0.717) is 11.6 Å². The van der Waals surface area contributed by atoms with Gasteiger partial charge in [0.25, 0.3) is 5.69 Å². The number of non-ortho nitro benzene ring substituents is 1. The van der Waals surface area contributed by atoms with Crippen molar-refractivity contribution < 1.29 is 13.3 Å². The molecule has 2 aromatic rings. The summed E-state index contributed by atoms with van der Waals surface area (Å²) in [4.78, 5) is 19.8. The largest absolute Gasteiger partial charge is 0.347 e. The lowest BCUT2D eigenvalue weighted by Gasteiger charge is -2.11. The minimum absolute atomic E-state index is 0.0472. The van der Waals surface area contributed by atoms with E-state index in [1.54, 1.807) is 25.1 Å². The van der Waals surface area contributed by atoms with Crippen LogP contribution in [0, 0.1) is 10.1 Å². The molecule has 9 nitrogen and oxygen atoms in total. The number of hydrogen-bond donors (Lipinski definition) is 1. The predicted molar refractivity (Wildman–Crippen MR) is 83.5 cm³/mol. The molecule has 0 fully saturated rings. The minimum atomic E-state index is -3.88. The molecule has 0 unspecified atom stereocenters. The van der Waals surface area contributed by atoms with Crippen LogP contribution in [-0.2, 0) is 16.6 Å². The molecule has 0 aliphatic rings. The van der Waals surface area contributed by atoms with Crippen LogP contribution in [0.15, 0.2) is 41.4 Å². The maximum absolute atomic E-state index is 12.2. The van der Waals surface area contributed by atoms with Gasteiger partial charge in [-0.15, -0.1) is 0 Å². The van der Waals surface area contributed by atoms with E-state index in [1.165, 1.54) is 24.4 Å². The molecule has 0 saturated carbocycles. The second-order valence-corrected chi connectivity index (χ2v) is 6.59. The lowest BCUT2D eigenvalue weighted by Crippen LogP contribution is -2.24. The molecule has 1 aromatic heterocycles. The third-order valence-corrected chi connectivity index (χ3v) is 4.28. The quantitative estimate of drug-likeness (QED) is 0.615. The van der Waals surface area contributed by atoms with Gasteiger partial charge in [-0.05, 0) is 12.1 Å². The van der Waals surface area contributed by atoms with Crippen LogP contribution >= 0.6 is 0 Å². The van der Waals surface area contributed by atoms with E-state index in [-0.39, 0.29) is 17.1 Å². The zero-order valence-corrected chi connectivity index (χ0v) is 13.3. The molecular weight excluding hydrogens is 322 g/mol. The van der Waals surface area contributed by atoms with Crippen molar-refractivity contribution in [1.29, 1.82) is 0 Å². The Morgan fingerprint density at radius 3 is 2.70 bits per heavy atom. The lowest BCUT2D eigenvalue weighted by atomic mass is 10.3. The maximum atomic E-state index is 12.2. The molecule has 0 aliphatic carbocycles. The summed E-state index contributed by atoms with van der Waals surface area (Å²) >= 11 is 0. The Labute approximate surface area is 133 Å². The number of nitro benzene ring substituents is 1. The van der Waals surface area contributed by atoms with E-state index < -0.39 is 14.9 Å². The summed E-state index contributed by atoms with van der Waals surface area (Å²) in [5, 5.41) is 10.7. The zero-order valence-electron chi connectivity index (χ0n) is 12.5. The van der Waals surface area contributed by atoms with Crippen LogP contribution in [0.3, 0.4) is 0 Å². The highest BCUT2D eigenvalue weighted by atomic mass is 32.2. The van der Waals surface area contributed by atoms with E-state index >= 15 is 0 Å². The summed E-state index contributed by atoms with van der Waals surface area (Å²) in [5.41, 5.74) is 0.197. The molecular formula is C13H15N5O4S. The second-order valence-electron chi connectivity index (χ2n) is 4.82. The first kappa shape index (κ1) is 16.8. The van der Waals surface area contributed by atoms with Crippen molar-refractivity contribution in [2.45, 2.75) is 11.4 Å². The average Bonchev–Trinajstić information content (AvgIpc) is 2.53. The van der Waals surface area contributed by atoms with Gasteiger partial charge in [-0.25, -0.2) is 23.1 Å². The van der Waals surface area contributed by atoms with Gasteiger partial charge < -0.3 is 4.90 Å². The predicted octanol–water partition coefficient (Wildman–Crippen LogP) is 0.929. The third-order valence-electron chi connectivity index (χ3n) is 2.88. The van der Waals surface area contributed by atoms with Crippen molar-refractivity contribution in [3.05, 3.63) is 52.3 Å². The number of rotatable bonds is 6. The Morgan fingerprint density at radius 1 is 1.30 bits per heavy atom. The van der Waals surface area contributed by atoms with Crippen LogP contribution in [-0.4, -0.2) is 37.4 Å². The molecule has 122 valence electrons. The minimum Gasteiger partial charge on any atom is -0.347 e. The van der Waals surface area contributed by atoms with Crippen LogP contribution in [0.25, 0.3) is 0 Å². The zero-order chi connectivity index (χ0) is 17.0. The second kappa shape index (κ2) is 6.67. The van der Waals surface area contributed by atoms with Crippen LogP contribution in [0.1, 0.15) is 5.69 Å². The summed E-state index contributed by atoms with van der Waals surface area (Å²) in [6, 6.07) is 6.44. The molecule has 1 heterocycles. The van der Waals surface area contributed by atoms with E-state index in [1.807, 2.05) is 0 Å². The Balaban J connectivity index is 2.17. The van der Waals surface area contributed by atoms with Gasteiger partial charge in [-0.2, -0.15) is 0 Å². The molecule has 0 aliphatic heterocycles. The van der Waals surface area contributed by atoms with Crippen molar-refractivity contribution in [3.8, 4) is 0 Å². The molecule has 0 radical (unpaired) electrons. The first-order valence-corrected chi connectivity index (χ1v) is 8.01. The number of anilines is 1. The van der Waals surface area contributed by atoms with Gasteiger partial charge in [0.05, 0.1) is 22.1 Å². The number of benzene rings is 1. The van der Waals surface area contributed by atoms with Gasteiger partial charge >= 0.3 is 0 Å². The highest BCUT2D eigenvalue weighted by Crippen LogP contribution is 2.17. The molecule has 1 N–H and O–H groups in total. The summed E-state index contributed by atoms with van der Waals surface area (Å²) in [7, 11) is -0.336. The van der Waals surface area contributed by atoms with Crippen LogP contribution in [0.5, 0.6) is 0 Å². The standard InChI is InChI=1S/C13H15N5O4S/c1-17(2)13-14-7-6-10(16-13)9-15-23(21,22)12-5-3-4-11(8-12)18(19)20/h3-8,15H,9H2,1-2H3. The summed E-state index contributed by atoms with van der Waals surface area (Å²) in [6.45, 7) is -0.0472. The highest BCUT2D eigenvalue weighted by molar-refractivity contribution is 7.89. The van der Waals surface area contributed by atoms with Gasteiger partial charge in [0.15, 0.2) is 0 Å². The number of nitrogens with zero attached hydrogens (tertiary/aromatic N) is 4. The topological polar surface area (TPSA) is 118 Å². The fraction of sp³-hybridized carbons (Fsp3) is 0.231. The van der Waals surface area contributed by atoms with E-state index in [2.05, 4.69) is 14.7 Å². The Morgan fingerprint density at radius 2 is 2.04 bits per heavy atom. The van der Waals surface area contributed by atoms with Crippen molar-refractivity contribution in [3.63, 3.8) is 0 Å². The summed E-state index contributed by atoms with van der Waals surface area (Å²) < 4.78 is 26.8. The van der Waals surface area contributed by atoms with E-state index in [0.717, 1.165) is 6.07 Å². The molecule has 0 amide bonds. The molecule has 0 atom stereocenters. The fourth-order valence-electron chi connectivity index (χ4n) is 1.71. The summed E-state index contributed by atoms with van der Waals surface area (Å²) in [6.07, 6.45) is 1.53. The Kier molecular flexibility index (Phi) is 4.86. The van der Waals surface area contributed by atoms with Gasteiger partial charge in [0.1, 0.15) is 0 Å². The average molecular weight is 337 g/mol. The number of nitro groups is 1. The van der Waals surface area contributed by atoms with Crippen molar-refractivity contribution in [1.82, 2.24) is 14.7 Å². The number of hydrogen-bond acceptors (Lipinski definition) is 7. The molecule has 0 spiro atoms. The van der Waals surface area contributed by atoms with Gasteiger partial charge in [-0.3, -0.25) is 10.1 Å². The molecule has 10 heteroatoms.